The summed E-state index contributed by atoms with van der Waals surface area (Å²) in [6, 6.07) is 0.705. The lowest BCUT2D eigenvalue weighted by atomic mass is 9.89. The van der Waals surface area contributed by atoms with Crippen molar-refractivity contribution in [3.8, 4) is 0 Å². The third kappa shape index (κ3) is 4.19. The Kier molecular flexibility index (Phi) is 5.35. The van der Waals surface area contributed by atoms with Crippen LogP contribution in [0.5, 0.6) is 0 Å². The Morgan fingerprint density at radius 3 is 2.59 bits per heavy atom. The molecule has 3 nitrogen and oxygen atoms in total. The van der Waals surface area contributed by atoms with E-state index in [1.165, 1.54) is 26.1 Å². The normalized spacial score (nSPS) is 23.9. The van der Waals surface area contributed by atoms with Gasteiger partial charge in [0.2, 0.25) is 0 Å². The van der Waals surface area contributed by atoms with E-state index in [-0.39, 0.29) is 5.41 Å². The van der Waals surface area contributed by atoms with Gasteiger partial charge in [0, 0.05) is 31.1 Å². The molecule has 0 aromatic heterocycles. The number of nitrogens with two attached hydrogens (primary N) is 1. The van der Waals surface area contributed by atoms with Crippen LogP contribution in [-0.2, 0) is 0 Å². The zero-order valence-corrected chi connectivity index (χ0v) is 12.5. The maximum atomic E-state index is 5.77. The molecule has 1 atom stereocenters. The molecule has 17 heavy (non-hydrogen) atoms. The summed E-state index contributed by atoms with van der Waals surface area (Å²) in [7, 11) is 2.23. The summed E-state index contributed by atoms with van der Waals surface area (Å²) in [5, 5.41) is 0. The highest BCUT2D eigenvalue weighted by molar-refractivity contribution is 7.80. The summed E-state index contributed by atoms with van der Waals surface area (Å²) in [5.74, 6) is 0. The highest BCUT2D eigenvalue weighted by Crippen LogP contribution is 2.22. The number of hydrogen-bond acceptors (Lipinski definition) is 3. The van der Waals surface area contributed by atoms with Crippen LogP contribution in [0.1, 0.15) is 33.6 Å². The third-order valence-electron chi connectivity index (χ3n) is 4.05. The lowest BCUT2D eigenvalue weighted by molar-refractivity contribution is 0.0879. The van der Waals surface area contributed by atoms with Crippen molar-refractivity contribution in [2.45, 2.75) is 39.7 Å². The second-order valence-corrected chi connectivity index (χ2v) is 6.28. The molecular weight excluding hydrogens is 230 g/mol. The lowest BCUT2D eigenvalue weighted by Crippen LogP contribution is -2.51. The number of hydrogen-bond donors (Lipinski definition) is 1. The summed E-state index contributed by atoms with van der Waals surface area (Å²) in [5.41, 5.74) is 5.75. The molecule has 0 aromatic rings. The number of likely N-dealkylation sites (N-methyl/N-ethyl adjacent to an activating group) is 1. The SMILES string of the molecule is CCC1CN(CCC(C)(C)C(N)=S)CCN1C. The largest absolute Gasteiger partial charge is 0.393 e. The first-order chi connectivity index (χ1) is 7.86. The van der Waals surface area contributed by atoms with Crippen LogP contribution in [-0.4, -0.2) is 54.1 Å². The molecule has 1 unspecified atom stereocenters. The van der Waals surface area contributed by atoms with Crippen molar-refractivity contribution in [3.05, 3.63) is 0 Å². The molecule has 1 saturated heterocycles. The van der Waals surface area contributed by atoms with Gasteiger partial charge in [-0.1, -0.05) is 33.0 Å². The van der Waals surface area contributed by atoms with Crippen molar-refractivity contribution in [1.82, 2.24) is 9.80 Å². The minimum Gasteiger partial charge on any atom is -0.393 e. The van der Waals surface area contributed by atoms with Crippen LogP contribution in [0, 0.1) is 5.41 Å². The molecule has 1 fully saturated rings. The fourth-order valence-corrected chi connectivity index (χ4v) is 2.32. The summed E-state index contributed by atoms with van der Waals surface area (Å²) in [6.45, 7) is 11.2. The Balaban J connectivity index is 2.41. The van der Waals surface area contributed by atoms with Gasteiger partial charge < -0.3 is 15.5 Å². The molecule has 1 aliphatic heterocycles. The van der Waals surface area contributed by atoms with Gasteiger partial charge in [0.1, 0.15) is 0 Å². The fraction of sp³-hybridized carbons (Fsp3) is 0.923. The average molecular weight is 257 g/mol. The van der Waals surface area contributed by atoms with Gasteiger partial charge in [0.25, 0.3) is 0 Å². The van der Waals surface area contributed by atoms with Crippen molar-refractivity contribution in [3.63, 3.8) is 0 Å². The van der Waals surface area contributed by atoms with Crippen LogP contribution in [0.15, 0.2) is 0 Å². The zero-order chi connectivity index (χ0) is 13.1. The first kappa shape index (κ1) is 14.9. The van der Waals surface area contributed by atoms with Crippen molar-refractivity contribution in [1.29, 1.82) is 0 Å². The Bertz CT molecular complexity index is 265. The maximum absolute atomic E-state index is 5.77. The van der Waals surface area contributed by atoms with Gasteiger partial charge in [-0.3, -0.25) is 0 Å². The monoisotopic (exact) mass is 257 g/mol. The van der Waals surface area contributed by atoms with Crippen LogP contribution in [0.4, 0.5) is 0 Å². The molecule has 4 heteroatoms. The van der Waals surface area contributed by atoms with Gasteiger partial charge in [0.15, 0.2) is 0 Å². The van der Waals surface area contributed by atoms with Crippen molar-refractivity contribution in [2.24, 2.45) is 11.1 Å². The zero-order valence-electron chi connectivity index (χ0n) is 11.7. The van der Waals surface area contributed by atoms with Gasteiger partial charge in [-0.25, -0.2) is 0 Å². The lowest BCUT2D eigenvalue weighted by Gasteiger charge is -2.40. The number of piperazine rings is 1. The van der Waals surface area contributed by atoms with E-state index in [0.717, 1.165) is 13.0 Å². The molecule has 1 heterocycles. The predicted octanol–water partition coefficient (Wildman–Crippen LogP) is 1.71. The molecule has 0 bridgehead atoms. The molecule has 0 aromatic carbocycles. The molecule has 0 spiro atoms. The molecule has 0 radical (unpaired) electrons. The van der Waals surface area contributed by atoms with E-state index >= 15 is 0 Å². The predicted molar refractivity (Wildman–Crippen MR) is 78.3 cm³/mol. The van der Waals surface area contributed by atoms with E-state index in [0.29, 0.717) is 11.0 Å². The second kappa shape index (κ2) is 6.12. The van der Waals surface area contributed by atoms with E-state index in [1.54, 1.807) is 0 Å². The molecule has 0 amide bonds. The number of nitrogens with zero attached hydrogens (tertiary/aromatic N) is 2. The van der Waals surface area contributed by atoms with Crippen LogP contribution in [0.3, 0.4) is 0 Å². The molecule has 1 rings (SSSR count). The summed E-state index contributed by atoms with van der Waals surface area (Å²) in [4.78, 5) is 5.65. The van der Waals surface area contributed by atoms with Crippen LogP contribution in [0.2, 0.25) is 0 Å². The second-order valence-electron chi connectivity index (χ2n) is 5.84. The Labute approximate surface area is 111 Å². The molecule has 100 valence electrons. The molecule has 0 aliphatic carbocycles. The Morgan fingerprint density at radius 2 is 2.06 bits per heavy atom. The Hall–Kier alpha value is -0.190. The molecule has 2 N–H and O–H groups in total. The van der Waals surface area contributed by atoms with Gasteiger partial charge in [0.05, 0.1) is 4.99 Å². The van der Waals surface area contributed by atoms with E-state index in [2.05, 4.69) is 37.6 Å². The molecule has 0 saturated carbocycles. The van der Waals surface area contributed by atoms with Crippen LogP contribution >= 0.6 is 12.2 Å². The van der Waals surface area contributed by atoms with Gasteiger partial charge in [-0.05, 0) is 26.4 Å². The van der Waals surface area contributed by atoms with Crippen LogP contribution < -0.4 is 5.73 Å². The highest BCUT2D eigenvalue weighted by atomic mass is 32.1. The van der Waals surface area contributed by atoms with Crippen molar-refractivity contribution < 1.29 is 0 Å². The quantitative estimate of drug-likeness (QED) is 0.760. The van der Waals surface area contributed by atoms with Crippen molar-refractivity contribution >= 4 is 17.2 Å². The van der Waals surface area contributed by atoms with Crippen molar-refractivity contribution in [2.75, 3.05) is 33.2 Å². The third-order valence-corrected chi connectivity index (χ3v) is 4.61. The molecule has 1 aliphatic rings. The van der Waals surface area contributed by atoms with Gasteiger partial charge in [-0.2, -0.15) is 0 Å². The standard InChI is InChI=1S/C13H27N3S/c1-5-11-10-16(9-8-15(11)4)7-6-13(2,3)12(14)17/h11H,5-10H2,1-4H3,(H2,14,17). The summed E-state index contributed by atoms with van der Waals surface area (Å²) < 4.78 is 0. The van der Waals surface area contributed by atoms with E-state index < -0.39 is 0 Å². The maximum Gasteiger partial charge on any atom is 0.0784 e. The van der Waals surface area contributed by atoms with Gasteiger partial charge >= 0.3 is 0 Å². The fourth-order valence-electron chi connectivity index (χ4n) is 2.22. The van der Waals surface area contributed by atoms with Gasteiger partial charge in [-0.15, -0.1) is 0 Å². The topological polar surface area (TPSA) is 32.5 Å². The number of thiocarbonyl (C=S) groups is 1. The summed E-state index contributed by atoms with van der Waals surface area (Å²) >= 11 is 5.11. The average Bonchev–Trinajstić information content (AvgIpc) is 2.28. The smallest absolute Gasteiger partial charge is 0.0784 e. The molecular formula is C13H27N3S. The Morgan fingerprint density at radius 1 is 1.41 bits per heavy atom. The minimum absolute atomic E-state index is 0.0135. The first-order valence-corrected chi connectivity index (χ1v) is 7.00. The van der Waals surface area contributed by atoms with Crippen LogP contribution in [0.25, 0.3) is 0 Å². The van der Waals surface area contributed by atoms with E-state index in [9.17, 15) is 0 Å². The number of rotatable bonds is 5. The highest BCUT2D eigenvalue weighted by Gasteiger charge is 2.26. The van der Waals surface area contributed by atoms with E-state index in [1.807, 2.05) is 0 Å². The summed E-state index contributed by atoms with van der Waals surface area (Å²) in [6.07, 6.45) is 2.29. The van der Waals surface area contributed by atoms with E-state index in [4.69, 9.17) is 18.0 Å². The minimum atomic E-state index is -0.0135. The first-order valence-electron chi connectivity index (χ1n) is 6.59.